The Hall–Kier alpha value is -2.24. The molecule has 164 valence electrons. The van der Waals surface area contributed by atoms with E-state index in [-0.39, 0.29) is 35.7 Å². The molecule has 10 heteroatoms. The van der Waals surface area contributed by atoms with Crippen LogP contribution >= 0.6 is 24.0 Å². The molecule has 3 rings (SSSR count). The Morgan fingerprint density at radius 1 is 1.10 bits per heavy atom. The van der Waals surface area contributed by atoms with Crippen molar-refractivity contribution in [2.75, 3.05) is 18.0 Å². The monoisotopic (exact) mass is 535 g/mol. The van der Waals surface area contributed by atoms with Gasteiger partial charge in [0.05, 0.1) is 6.54 Å². The summed E-state index contributed by atoms with van der Waals surface area (Å²) in [6, 6.07) is 9.53. The smallest absolute Gasteiger partial charge is 0.406 e. The fourth-order valence-corrected chi connectivity index (χ4v) is 3.09. The van der Waals surface area contributed by atoms with Crippen LogP contribution in [0.2, 0.25) is 0 Å². The van der Waals surface area contributed by atoms with E-state index in [9.17, 15) is 13.2 Å². The molecule has 1 aliphatic rings. The molecule has 30 heavy (non-hydrogen) atoms. The number of piperidine rings is 1. The van der Waals surface area contributed by atoms with Gasteiger partial charge in [0.25, 0.3) is 0 Å². The van der Waals surface area contributed by atoms with Crippen LogP contribution in [0.1, 0.15) is 30.4 Å². The molecule has 2 heterocycles. The molecule has 0 atom stereocenters. The Labute approximate surface area is 190 Å². The number of nitrogens with one attached hydrogen (secondary N) is 1. The number of anilines is 1. The normalized spacial score (nSPS) is 14.8. The van der Waals surface area contributed by atoms with Crippen molar-refractivity contribution in [1.29, 1.82) is 0 Å². The van der Waals surface area contributed by atoms with Gasteiger partial charge in [0.15, 0.2) is 5.96 Å². The van der Waals surface area contributed by atoms with E-state index >= 15 is 0 Å². The van der Waals surface area contributed by atoms with E-state index in [1.54, 1.807) is 6.20 Å². The van der Waals surface area contributed by atoms with Crippen molar-refractivity contribution < 1.29 is 17.9 Å². The van der Waals surface area contributed by atoms with Gasteiger partial charge >= 0.3 is 6.36 Å². The molecule has 3 N–H and O–H groups in total. The van der Waals surface area contributed by atoms with Crippen LogP contribution in [0.15, 0.2) is 47.6 Å². The number of ether oxygens (including phenoxy) is 1. The highest BCUT2D eigenvalue weighted by molar-refractivity contribution is 14.0. The van der Waals surface area contributed by atoms with E-state index < -0.39 is 6.36 Å². The number of nitrogens with two attached hydrogens (primary N) is 1. The largest absolute Gasteiger partial charge is 0.573 e. The van der Waals surface area contributed by atoms with E-state index in [1.165, 1.54) is 43.5 Å². The van der Waals surface area contributed by atoms with E-state index in [0.29, 0.717) is 13.1 Å². The second-order valence-corrected chi connectivity index (χ2v) is 6.82. The van der Waals surface area contributed by atoms with Gasteiger partial charge in [-0.2, -0.15) is 0 Å². The SMILES string of the molecule is I.NC(=NCc1ccnc(N2CCCCC2)c1)NCc1ccc(OC(F)(F)F)cc1. The number of benzene rings is 1. The third kappa shape index (κ3) is 7.88. The van der Waals surface area contributed by atoms with Crippen molar-refractivity contribution in [2.45, 2.75) is 38.7 Å². The number of nitrogens with zero attached hydrogens (tertiary/aromatic N) is 3. The van der Waals surface area contributed by atoms with E-state index in [2.05, 4.69) is 24.9 Å². The third-order valence-electron chi connectivity index (χ3n) is 4.55. The molecular weight excluding hydrogens is 510 g/mol. The summed E-state index contributed by atoms with van der Waals surface area (Å²) in [7, 11) is 0. The minimum absolute atomic E-state index is 0. The van der Waals surface area contributed by atoms with E-state index in [1.807, 2.05) is 12.1 Å². The maximum atomic E-state index is 12.2. The number of hydrogen-bond donors (Lipinski definition) is 2. The molecule has 0 aliphatic carbocycles. The fraction of sp³-hybridized carbons (Fsp3) is 0.400. The lowest BCUT2D eigenvalue weighted by molar-refractivity contribution is -0.274. The molecule has 0 spiro atoms. The lowest BCUT2D eigenvalue weighted by Crippen LogP contribution is -2.31. The van der Waals surface area contributed by atoms with Crippen LogP contribution in [0, 0.1) is 0 Å². The van der Waals surface area contributed by atoms with Crippen molar-refractivity contribution in [1.82, 2.24) is 10.3 Å². The summed E-state index contributed by atoms with van der Waals surface area (Å²) >= 11 is 0. The summed E-state index contributed by atoms with van der Waals surface area (Å²) in [5, 5.41) is 2.95. The van der Waals surface area contributed by atoms with Gasteiger partial charge in [-0.05, 0) is 54.7 Å². The second-order valence-electron chi connectivity index (χ2n) is 6.82. The first-order chi connectivity index (χ1) is 13.9. The number of aliphatic imine (C=N–C) groups is 1. The molecule has 6 nitrogen and oxygen atoms in total. The zero-order chi connectivity index (χ0) is 20.7. The average molecular weight is 535 g/mol. The molecule has 1 aromatic heterocycles. The predicted octanol–water partition coefficient (Wildman–Crippen LogP) is 4.19. The van der Waals surface area contributed by atoms with Gasteiger partial charge in [-0.1, -0.05) is 12.1 Å². The first kappa shape index (κ1) is 24.0. The molecular formula is C20H25F3IN5O. The van der Waals surface area contributed by atoms with Crippen LogP contribution in [0.4, 0.5) is 19.0 Å². The highest BCUT2D eigenvalue weighted by atomic mass is 127. The van der Waals surface area contributed by atoms with Gasteiger partial charge in [-0.25, -0.2) is 9.98 Å². The van der Waals surface area contributed by atoms with E-state index in [0.717, 1.165) is 30.0 Å². The van der Waals surface area contributed by atoms with Crippen LogP contribution < -0.4 is 20.7 Å². The van der Waals surface area contributed by atoms with Gasteiger partial charge in [0, 0.05) is 25.8 Å². The van der Waals surface area contributed by atoms with Crippen LogP contribution in [0.5, 0.6) is 5.75 Å². The van der Waals surface area contributed by atoms with Crippen molar-refractivity contribution in [3.8, 4) is 5.75 Å². The maximum Gasteiger partial charge on any atom is 0.573 e. The third-order valence-corrected chi connectivity index (χ3v) is 4.55. The topological polar surface area (TPSA) is 75.8 Å². The number of pyridine rings is 1. The highest BCUT2D eigenvalue weighted by Gasteiger charge is 2.30. The number of guanidine groups is 1. The molecule has 1 fully saturated rings. The lowest BCUT2D eigenvalue weighted by Gasteiger charge is -2.27. The number of rotatable bonds is 6. The van der Waals surface area contributed by atoms with Gasteiger partial charge in [-0.15, -0.1) is 37.1 Å². The zero-order valence-corrected chi connectivity index (χ0v) is 18.7. The molecule has 1 saturated heterocycles. The van der Waals surface area contributed by atoms with Gasteiger partial charge in [-0.3, -0.25) is 0 Å². The summed E-state index contributed by atoms with van der Waals surface area (Å²) in [6.45, 7) is 2.81. The number of hydrogen-bond acceptors (Lipinski definition) is 4. The predicted molar refractivity (Wildman–Crippen MR) is 121 cm³/mol. The Balaban J connectivity index is 0.00000320. The molecule has 2 aromatic rings. The standard InChI is InChI=1S/C20H24F3N5O.HI/c21-20(22,23)29-17-6-4-15(5-7-17)13-26-19(24)27-14-16-8-9-25-18(12-16)28-10-2-1-3-11-28;/h4-9,12H,1-3,10-11,13-14H2,(H3,24,26,27);1H. The number of halogens is 4. The van der Waals surface area contributed by atoms with Crippen molar-refractivity contribution in [3.05, 3.63) is 53.7 Å². The van der Waals surface area contributed by atoms with E-state index in [4.69, 9.17) is 5.73 Å². The Morgan fingerprint density at radius 2 is 1.80 bits per heavy atom. The molecule has 0 amide bonds. The average Bonchev–Trinajstić information content (AvgIpc) is 2.71. The molecule has 1 aliphatic heterocycles. The van der Waals surface area contributed by atoms with Crippen molar-refractivity contribution in [2.24, 2.45) is 10.7 Å². The Kier molecular flexibility index (Phi) is 9.00. The minimum atomic E-state index is -4.70. The first-order valence-corrected chi connectivity index (χ1v) is 9.47. The summed E-state index contributed by atoms with van der Waals surface area (Å²) < 4.78 is 40.4. The number of alkyl halides is 3. The minimum Gasteiger partial charge on any atom is -0.406 e. The molecule has 0 bridgehead atoms. The second kappa shape index (κ2) is 11.2. The van der Waals surface area contributed by atoms with Crippen LogP contribution in [-0.2, 0) is 13.1 Å². The summed E-state index contributed by atoms with van der Waals surface area (Å²) in [5.74, 6) is 0.965. The molecule has 1 aromatic carbocycles. The van der Waals surface area contributed by atoms with Gasteiger partial charge in [0.1, 0.15) is 11.6 Å². The van der Waals surface area contributed by atoms with Crippen molar-refractivity contribution >= 4 is 35.8 Å². The van der Waals surface area contributed by atoms with Gasteiger partial charge < -0.3 is 20.7 Å². The van der Waals surface area contributed by atoms with Crippen LogP contribution in [0.3, 0.4) is 0 Å². The molecule has 0 radical (unpaired) electrons. The fourth-order valence-electron chi connectivity index (χ4n) is 3.09. The maximum absolute atomic E-state index is 12.2. The van der Waals surface area contributed by atoms with Gasteiger partial charge in [0.2, 0.25) is 0 Å². The van der Waals surface area contributed by atoms with Crippen molar-refractivity contribution in [3.63, 3.8) is 0 Å². The quantitative estimate of drug-likeness (QED) is 0.330. The lowest BCUT2D eigenvalue weighted by atomic mass is 10.1. The number of aromatic nitrogens is 1. The zero-order valence-electron chi connectivity index (χ0n) is 16.4. The summed E-state index contributed by atoms with van der Waals surface area (Å²) in [4.78, 5) is 11.1. The molecule has 0 saturated carbocycles. The first-order valence-electron chi connectivity index (χ1n) is 9.47. The van der Waals surface area contributed by atoms with Crippen LogP contribution in [0.25, 0.3) is 0 Å². The van der Waals surface area contributed by atoms with Crippen LogP contribution in [-0.4, -0.2) is 30.4 Å². The Bertz CT molecular complexity index is 824. The Morgan fingerprint density at radius 3 is 2.47 bits per heavy atom. The summed E-state index contributed by atoms with van der Waals surface area (Å²) in [5.41, 5.74) is 7.67. The highest BCUT2D eigenvalue weighted by Crippen LogP contribution is 2.22. The molecule has 0 unspecified atom stereocenters. The summed E-state index contributed by atoms with van der Waals surface area (Å²) in [6.07, 6.45) is 0.718.